The SMILES string of the molecule is CCOC(=O)C1(c2ccc(Cn3c(CC)nc4c(C)cc(C)nc43)s2)CCOCC1. The number of carbonyl (C=O) groups excluding carboxylic acids is 1. The molecule has 4 heterocycles. The highest BCUT2D eigenvalue weighted by Crippen LogP contribution is 2.40. The van der Waals surface area contributed by atoms with E-state index in [1.54, 1.807) is 11.3 Å². The van der Waals surface area contributed by atoms with E-state index in [4.69, 9.17) is 19.4 Å². The van der Waals surface area contributed by atoms with Crippen LogP contribution in [0.25, 0.3) is 11.2 Å². The maximum absolute atomic E-state index is 12.9. The monoisotopic (exact) mass is 427 g/mol. The van der Waals surface area contributed by atoms with Crippen molar-refractivity contribution in [3.8, 4) is 0 Å². The van der Waals surface area contributed by atoms with E-state index < -0.39 is 5.41 Å². The standard InChI is InChI=1S/C23H29N3O3S/c1-5-19-25-20-15(3)13-16(4)24-21(20)26(19)14-17-7-8-18(30-17)23(22(27)29-6-2)9-11-28-12-10-23/h7-8,13H,5-6,9-12,14H2,1-4H3. The number of rotatable bonds is 6. The Labute approximate surface area is 181 Å². The van der Waals surface area contributed by atoms with E-state index in [-0.39, 0.29) is 5.97 Å². The lowest BCUT2D eigenvalue weighted by Crippen LogP contribution is -2.42. The van der Waals surface area contributed by atoms with Crippen LogP contribution in [-0.4, -0.2) is 40.3 Å². The first-order valence-corrected chi connectivity index (χ1v) is 11.5. The number of fused-ring (bicyclic) bond motifs is 1. The first-order chi connectivity index (χ1) is 14.5. The van der Waals surface area contributed by atoms with Crippen LogP contribution in [0.15, 0.2) is 18.2 Å². The fraction of sp³-hybridized carbons (Fsp3) is 0.522. The van der Waals surface area contributed by atoms with Gasteiger partial charge in [0.05, 0.1) is 13.2 Å². The minimum atomic E-state index is -0.590. The fourth-order valence-electron chi connectivity index (χ4n) is 4.30. The van der Waals surface area contributed by atoms with Crippen LogP contribution in [0.3, 0.4) is 0 Å². The highest BCUT2D eigenvalue weighted by molar-refractivity contribution is 7.12. The highest BCUT2D eigenvalue weighted by atomic mass is 32.1. The summed E-state index contributed by atoms with van der Waals surface area (Å²) in [6.45, 7) is 10.4. The average molecular weight is 428 g/mol. The molecule has 0 unspecified atom stereocenters. The van der Waals surface area contributed by atoms with E-state index >= 15 is 0 Å². The van der Waals surface area contributed by atoms with Crippen LogP contribution in [-0.2, 0) is 32.6 Å². The van der Waals surface area contributed by atoms with Gasteiger partial charge in [-0.1, -0.05) is 6.92 Å². The van der Waals surface area contributed by atoms with Crippen molar-refractivity contribution in [1.29, 1.82) is 0 Å². The molecule has 7 heteroatoms. The Balaban J connectivity index is 1.70. The minimum Gasteiger partial charge on any atom is -0.465 e. The Morgan fingerprint density at radius 2 is 2.00 bits per heavy atom. The van der Waals surface area contributed by atoms with Crippen molar-refractivity contribution in [3.05, 3.63) is 45.0 Å². The number of nitrogens with zero attached hydrogens (tertiary/aromatic N) is 3. The Kier molecular flexibility index (Phi) is 5.93. The predicted molar refractivity (Wildman–Crippen MR) is 118 cm³/mol. The van der Waals surface area contributed by atoms with Crippen LogP contribution in [0, 0.1) is 13.8 Å². The summed E-state index contributed by atoms with van der Waals surface area (Å²) >= 11 is 1.69. The van der Waals surface area contributed by atoms with Crippen LogP contribution in [0.1, 0.15) is 53.5 Å². The smallest absolute Gasteiger partial charge is 0.317 e. The van der Waals surface area contributed by atoms with Gasteiger partial charge in [0.1, 0.15) is 16.8 Å². The summed E-state index contributed by atoms with van der Waals surface area (Å²) in [6.07, 6.45) is 2.18. The summed E-state index contributed by atoms with van der Waals surface area (Å²) in [5.74, 6) is 0.907. The molecule has 4 rings (SSSR count). The molecule has 0 atom stereocenters. The number of thiophene rings is 1. The van der Waals surface area contributed by atoms with E-state index in [1.165, 1.54) is 4.88 Å². The lowest BCUT2D eigenvalue weighted by atomic mass is 9.79. The summed E-state index contributed by atoms with van der Waals surface area (Å²) in [5, 5.41) is 0. The van der Waals surface area contributed by atoms with Crippen molar-refractivity contribution < 1.29 is 14.3 Å². The van der Waals surface area contributed by atoms with Gasteiger partial charge in [-0.25, -0.2) is 9.97 Å². The number of esters is 1. The zero-order valence-corrected chi connectivity index (χ0v) is 19.0. The van der Waals surface area contributed by atoms with Gasteiger partial charge in [-0.15, -0.1) is 11.3 Å². The Morgan fingerprint density at radius 1 is 1.23 bits per heavy atom. The van der Waals surface area contributed by atoms with Crippen LogP contribution in [0.4, 0.5) is 0 Å². The molecular formula is C23H29N3O3S. The van der Waals surface area contributed by atoms with Crippen LogP contribution in [0.5, 0.6) is 0 Å². The molecule has 0 aliphatic carbocycles. The van der Waals surface area contributed by atoms with Crippen LogP contribution in [0.2, 0.25) is 0 Å². The lowest BCUT2D eigenvalue weighted by molar-refractivity contribution is -0.154. The number of hydrogen-bond acceptors (Lipinski definition) is 6. The molecule has 0 amide bonds. The third kappa shape index (κ3) is 3.65. The Hall–Kier alpha value is -2.25. The zero-order valence-electron chi connectivity index (χ0n) is 18.2. The number of ether oxygens (including phenoxy) is 2. The number of hydrogen-bond donors (Lipinski definition) is 0. The third-order valence-electron chi connectivity index (χ3n) is 5.88. The van der Waals surface area contributed by atoms with Crippen molar-refractivity contribution in [2.75, 3.05) is 19.8 Å². The van der Waals surface area contributed by atoms with E-state index in [2.05, 4.69) is 36.6 Å². The molecule has 6 nitrogen and oxygen atoms in total. The van der Waals surface area contributed by atoms with E-state index in [1.807, 2.05) is 13.8 Å². The molecule has 0 N–H and O–H groups in total. The zero-order chi connectivity index (χ0) is 21.3. The van der Waals surface area contributed by atoms with Gasteiger partial charge in [-0.05, 0) is 57.4 Å². The molecule has 0 bridgehead atoms. The Morgan fingerprint density at radius 3 is 2.70 bits per heavy atom. The summed E-state index contributed by atoms with van der Waals surface area (Å²) in [5.41, 5.74) is 3.47. The fourth-order valence-corrected chi connectivity index (χ4v) is 5.53. The van der Waals surface area contributed by atoms with Gasteiger partial charge in [0.15, 0.2) is 5.65 Å². The Bertz CT molecular complexity index is 1060. The molecule has 1 aliphatic rings. The van der Waals surface area contributed by atoms with Crippen molar-refractivity contribution in [2.24, 2.45) is 0 Å². The maximum atomic E-state index is 12.9. The summed E-state index contributed by atoms with van der Waals surface area (Å²) in [4.78, 5) is 24.8. The molecule has 3 aromatic rings. The van der Waals surface area contributed by atoms with Gasteiger partial charge in [0.25, 0.3) is 0 Å². The second-order valence-electron chi connectivity index (χ2n) is 7.90. The first-order valence-electron chi connectivity index (χ1n) is 10.7. The number of imidazole rings is 1. The third-order valence-corrected chi connectivity index (χ3v) is 7.15. The van der Waals surface area contributed by atoms with Gasteiger partial charge < -0.3 is 14.0 Å². The quantitative estimate of drug-likeness (QED) is 0.548. The predicted octanol–water partition coefficient (Wildman–Crippen LogP) is 4.33. The maximum Gasteiger partial charge on any atom is 0.317 e. The highest BCUT2D eigenvalue weighted by Gasteiger charge is 2.44. The second kappa shape index (κ2) is 8.47. The number of aryl methyl sites for hydroxylation is 3. The molecule has 0 aromatic carbocycles. The van der Waals surface area contributed by atoms with Gasteiger partial charge in [-0.2, -0.15) is 0 Å². The van der Waals surface area contributed by atoms with Gasteiger partial charge in [-0.3, -0.25) is 4.79 Å². The normalized spacial score (nSPS) is 16.1. The van der Waals surface area contributed by atoms with Crippen molar-refractivity contribution in [2.45, 2.75) is 58.9 Å². The van der Waals surface area contributed by atoms with Gasteiger partial charge in [0.2, 0.25) is 0 Å². The molecular weight excluding hydrogens is 398 g/mol. The average Bonchev–Trinajstić information content (AvgIpc) is 3.34. The summed E-state index contributed by atoms with van der Waals surface area (Å²) < 4.78 is 13.2. The van der Waals surface area contributed by atoms with Gasteiger partial charge in [0, 0.05) is 35.1 Å². The van der Waals surface area contributed by atoms with Crippen molar-refractivity contribution >= 4 is 28.5 Å². The molecule has 0 saturated carbocycles. The summed E-state index contributed by atoms with van der Waals surface area (Å²) in [6, 6.07) is 6.30. The van der Waals surface area contributed by atoms with Crippen molar-refractivity contribution in [3.63, 3.8) is 0 Å². The second-order valence-corrected chi connectivity index (χ2v) is 9.07. The molecule has 1 saturated heterocycles. The number of aromatic nitrogens is 3. The number of carbonyl (C=O) groups is 1. The molecule has 160 valence electrons. The molecule has 0 spiro atoms. The lowest BCUT2D eigenvalue weighted by Gasteiger charge is -2.33. The molecule has 1 fully saturated rings. The van der Waals surface area contributed by atoms with Crippen molar-refractivity contribution in [1.82, 2.24) is 14.5 Å². The minimum absolute atomic E-state index is 0.128. The van der Waals surface area contributed by atoms with Gasteiger partial charge >= 0.3 is 5.97 Å². The van der Waals surface area contributed by atoms with E-state index in [9.17, 15) is 4.79 Å². The van der Waals surface area contributed by atoms with Crippen LogP contribution < -0.4 is 0 Å². The van der Waals surface area contributed by atoms with Crippen LogP contribution >= 0.6 is 11.3 Å². The van der Waals surface area contributed by atoms with E-state index in [0.29, 0.717) is 39.2 Å². The largest absolute Gasteiger partial charge is 0.465 e. The molecule has 3 aromatic heterocycles. The molecule has 1 aliphatic heterocycles. The molecule has 0 radical (unpaired) electrons. The van der Waals surface area contributed by atoms with E-state index in [0.717, 1.165) is 39.5 Å². The number of pyridine rings is 1. The summed E-state index contributed by atoms with van der Waals surface area (Å²) in [7, 11) is 0. The molecule has 30 heavy (non-hydrogen) atoms. The topological polar surface area (TPSA) is 66.2 Å². The first kappa shape index (κ1) is 21.0.